The highest BCUT2D eigenvalue weighted by molar-refractivity contribution is 5.15. The molecule has 0 radical (unpaired) electrons. The molecule has 5 atom stereocenters. The highest BCUT2D eigenvalue weighted by Gasteiger charge is 2.47. The summed E-state index contributed by atoms with van der Waals surface area (Å²) in [5, 5.41) is 13.9. The van der Waals surface area contributed by atoms with E-state index in [0.29, 0.717) is 13.2 Å². The van der Waals surface area contributed by atoms with E-state index in [2.05, 4.69) is 10.0 Å². The number of hydrogen-bond acceptors (Lipinski definition) is 6. The number of aliphatic hydroxyl groups is 1. The third-order valence-corrected chi connectivity index (χ3v) is 5.81. The van der Waals surface area contributed by atoms with E-state index in [4.69, 9.17) is 18.9 Å². The standard InChI is InChI=1S/C27H29N3O5/c28-30-29-27-26(34-19-22-14-8-3-9-15-22)25(33-18-21-12-6-2-7-13-21)24(23(16-31)35-27)32-17-20-10-4-1-5-11-20/h1-15,23-27,31H,16-19H2/t23-,24-,25+,26-,27+/m1/s1. The molecule has 35 heavy (non-hydrogen) atoms. The van der Waals surface area contributed by atoms with Crippen LogP contribution >= 0.6 is 0 Å². The Bertz CT molecular complexity index is 1060. The van der Waals surface area contributed by atoms with Crippen LogP contribution in [0.25, 0.3) is 10.4 Å². The van der Waals surface area contributed by atoms with Crippen molar-refractivity contribution in [3.8, 4) is 0 Å². The molecule has 1 saturated heterocycles. The van der Waals surface area contributed by atoms with Crippen LogP contribution in [0.15, 0.2) is 96.1 Å². The van der Waals surface area contributed by atoms with Crippen molar-refractivity contribution in [2.24, 2.45) is 5.11 Å². The maximum Gasteiger partial charge on any atom is 0.165 e. The maximum absolute atomic E-state index is 10.1. The van der Waals surface area contributed by atoms with Crippen LogP contribution in [0, 0.1) is 0 Å². The lowest BCUT2D eigenvalue weighted by molar-refractivity contribution is -0.268. The van der Waals surface area contributed by atoms with Crippen LogP contribution < -0.4 is 0 Å². The molecule has 0 unspecified atom stereocenters. The highest BCUT2D eigenvalue weighted by Crippen LogP contribution is 2.31. The molecule has 1 aliphatic heterocycles. The van der Waals surface area contributed by atoms with Crippen molar-refractivity contribution in [3.05, 3.63) is 118 Å². The molecule has 0 spiro atoms. The van der Waals surface area contributed by atoms with Gasteiger partial charge < -0.3 is 24.1 Å². The van der Waals surface area contributed by atoms with E-state index in [0.717, 1.165) is 16.7 Å². The Morgan fingerprint density at radius 1 is 0.686 bits per heavy atom. The average molecular weight is 476 g/mol. The Labute approximate surface area is 204 Å². The summed E-state index contributed by atoms with van der Waals surface area (Å²) in [6.07, 6.45) is -3.82. The van der Waals surface area contributed by atoms with Gasteiger partial charge in [-0.05, 0) is 22.2 Å². The molecule has 8 nitrogen and oxygen atoms in total. The van der Waals surface area contributed by atoms with Gasteiger partial charge in [-0.25, -0.2) is 0 Å². The van der Waals surface area contributed by atoms with E-state index in [1.165, 1.54) is 0 Å². The summed E-state index contributed by atoms with van der Waals surface area (Å²) in [4.78, 5) is 2.95. The minimum absolute atomic E-state index is 0.271. The van der Waals surface area contributed by atoms with Crippen molar-refractivity contribution in [3.63, 3.8) is 0 Å². The predicted octanol–water partition coefficient (Wildman–Crippen LogP) is 4.77. The number of ether oxygens (including phenoxy) is 4. The molecule has 1 fully saturated rings. The fraction of sp³-hybridized carbons (Fsp3) is 0.333. The minimum atomic E-state index is -0.988. The summed E-state index contributed by atoms with van der Waals surface area (Å²) < 4.78 is 24.8. The lowest BCUT2D eigenvalue weighted by Gasteiger charge is -2.44. The topological polar surface area (TPSA) is 106 Å². The molecule has 8 heteroatoms. The molecule has 182 valence electrons. The molecule has 4 rings (SSSR count). The first-order valence-corrected chi connectivity index (χ1v) is 11.6. The Balaban J connectivity index is 1.59. The second-order valence-corrected chi connectivity index (χ2v) is 8.24. The van der Waals surface area contributed by atoms with Crippen LogP contribution in [0.5, 0.6) is 0 Å². The first kappa shape index (κ1) is 24.9. The van der Waals surface area contributed by atoms with Crippen LogP contribution in [-0.2, 0) is 38.8 Å². The Hall–Kier alpha value is -3.23. The Morgan fingerprint density at radius 3 is 1.54 bits per heavy atom. The first-order chi connectivity index (χ1) is 17.3. The largest absolute Gasteiger partial charge is 0.394 e. The van der Waals surface area contributed by atoms with Crippen molar-refractivity contribution in [1.29, 1.82) is 0 Å². The normalized spacial score (nSPS) is 24.0. The van der Waals surface area contributed by atoms with Crippen LogP contribution in [0.4, 0.5) is 0 Å². The van der Waals surface area contributed by atoms with Crippen molar-refractivity contribution in [2.75, 3.05) is 6.61 Å². The zero-order chi connectivity index (χ0) is 24.3. The smallest absolute Gasteiger partial charge is 0.165 e. The Morgan fingerprint density at radius 2 is 1.11 bits per heavy atom. The van der Waals surface area contributed by atoms with Gasteiger partial charge in [0.25, 0.3) is 0 Å². The molecule has 3 aromatic carbocycles. The van der Waals surface area contributed by atoms with Gasteiger partial charge in [-0.1, -0.05) is 96.1 Å². The molecule has 1 heterocycles. The Kier molecular flexibility index (Phi) is 9.25. The van der Waals surface area contributed by atoms with Gasteiger partial charge in [-0.2, -0.15) is 0 Å². The van der Waals surface area contributed by atoms with Crippen LogP contribution in [-0.4, -0.2) is 42.4 Å². The van der Waals surface area contributed by atoms with Crippen LogP contribution in [0.2, 0.25) is 0 Å². The summed E-state index contributed by atoms with van der Waals surface area (Å²) in [7, 11) is 0. The summed E-state index contributed by atoms with van der Waals surface area (Å²) in [5.41, 5.74) is 12.1. The zero-order valence-corrected chi connectivity index (χ0v) is 19.3. The number of aliphatic hydroxyl groups excluding tert-OH is 1. The van der Waals surface area contributed by atoms with E-state index in [1.54, 1.807) is 0 Å². The third-order valence-electron chi connectivity index (χ3n) is 5.81. The lowest BCUT2D eigenvalue weighted by Crippen LogP contribution is -2.60. The van der Waals surface area contributed by atoms with E-state index >= 15 is 0 Å². The van der Waals surface area contributed by atoms with Gasteiger partial charge in [-0.15, -0.1) is 0 Å². The molecule has 3 aromatic rings. The van der Waals surface area contributed by atoms with Gasteiger partial charge >= 0.3 is 0 Å². The van der Waals surface area contributed by atoms with E-state index < -0.39 is 30.6 Å². The second-order valence-electron chi connectivity index (χ2n) is 8.24. The summed E-state index contributed by atoms with van der Waals surface area (Å²) in [6.45, 7) is 0.539. The third kappa shape index (κ3) is 6.90. The second kappa shape index (κ2) is 13.0. The highest BCUT2D eigenvalue weighted by atomic mass is 16.6. The van der Waals surface area contributed by atoms with Crippen LogP contribution in [0.3, 0.4) is 0 Å². The summed E-state index contributed by atoms with van der Waals surface area (Å²) in [6, 6.07) is 29.2. The van der Waals surface area contributed by atoms with E-state index in [-0.39, 0.29) is 13.2 Å². The summed E-state index contributed by atoms with van der Waals surface area (Å²) >= 11 is 0. The molecule has 1 N–H and O–H groups in total. The predicted molar refractivity (Wildman–Crippen MR) is 130 cm³/mol. The van der Waals surface area contributed by atoms with E-state index in [9.17, 15) is 10.6 Å². The molecule has 0 amide bonds. The molecule has 0 saturated carbocycles. The fourth-order valence-corrected chi connectivity index (χ4v) is 4.05. The van der Waals surface area contributed by atoms with Crippen LogP contribution in [0.1, 0.15) is 16.7 Å². The number of benzene rings is 3. The van der Waals surface area contributed by atoms with Gasteiger partial charge in [0, 0.05) is 4.91 Å². The number of hydrogen-bond donors (Lipinski definition) is 1. The lowest BCUT2D eigenvalue weighted by atomic mass is 9.97. The quantitative estimate of drug-likeness (QED) is 0.244. The molecular formula is C27H29N3O5. The van der Waals surface area contributed by atoms with E-state index in [1.807, 2.05) is 91.0 Å². The van der Waals surface area contributed by atoms with Crippen molar-refractivity contribution >= 4 is 0 Å². The monoisotopic (exact) mass is 475 g/mol. The molecule has 1 aliphatic rings. The van der Waals surface area contributed by atoms with Gasteiger partial charge in [0.15, 0.2) is 6.23 Å². The molecular weight excluding hydrogens is 446 g/mol. The maximum atomic E-state index is 10.1. The van der Waals surface area contributed by atoms with Crippen molar-refractivity contribution in [1.82, 2.24) is 0 Å². The molecule has 0 aromatic heterocycles. The number of nitrogens with zero attached hydrogens (tertiary/aromatic N) is 3. The van der Waals surface area contributed by atoms with Gasteiger partial charge in [0.2, 0.25) is 0 Å². The van der Waals surface area contributed by atoms with Gasteiger partial charge in [0.1, 0.15) is 24.4 Å². The number of rotatable bonds is 11. The zero-order valence-electron chi connectivity index (χ0n) is 19.3. The van der Waals surface area contributed by atoms with Gasteiger partial charge in [0.05, 0.1) is 26.4 Å². The minimum Gasteiger partial charge on any atom is -0.394 e. The molecule has 0 bridgehead atoms. The SMILES string of the molecule is [N-]=[N+]=N[C@H]1O[C@H](CO)[C@@H](OCc2ccccc2)[C@H](OCc2ccccc2)[C@H]1OCc1ccccc1. The summed E-state index contributed by atoms with van der Waals surface area (Å²) in [5.74, 6) is 0. The van der Waals surface area contributed by atoms with Gasteiger partial charge in [-0.3, -0.25) is 0 Å². The number of azide groups is 1. The average Bonchev–Trinajstić information content (AvgIpc) is 2.92. The molecule has 0 aliphatic carbocycles. The van der Waals surface area contributed by atoms with Crippen molar-refractivity contribution in [2.45, 2.75) is 50.5 Å². The van der Waals surface area contributed by atoms with Crippen molar-refractivity contribution < 1.29 is 24.1 Å². The first-order valence-electron chi connectivity index (χ1n) is 11.6. The fourth-order valence-electron chi connectivity index (χ4n) is 4.05.